The van der Waals surface area contributed by atoms with E-state index in [1.807, 2.05) is 0 Å². The molecule has 1 fully saturated rings. The Hall–Kier alpha value is -0.580. The number of hydrogen-bond acceptors (Lipinski definition) is 4. The van der Waals surface area contributed by atoms with Crippen molar-refractivity contribution in [2.24, 2.45) is 0 Å². The first-order valence-electron chi connectivity index (χ1n) is 4.56. The molecule has 0 atom stereocenters. The van der Waals surface area contributed by atoms with Gasteiger partial charge in [-0.2, -0.15) is 0 Å². The highest BCUT2D eigenvalue weighted by atomic mass is 15.6. The van der Waals surface area contributed by atoms with Crippen molar-refractivity contribution in [2.75, 3.05) is 39.4 Å². The average molecular weight is 168 g/mol. The standard InChI is InChI=1S/C8H16N4/c1-2-10-8-12(5-1)11-6-3-9-4-7-11/h1,5,9-10H,2-4,6-8H2. The van der Waals surface area contributed by atoms with E-state index in [2.05, 4.69) is 32.9 Å². The smallest absolute Gasteiger partial charge is 0.0836 e. The molecule has 0 unspecified atom stereocenters. The lowest BCUT2D eigenvalue weighted by Crippen LogP contribution is -2.53. The fourth-order valence-electron chi connectivity index (χ4n) is 1.59. The zero-order valence-corrected chi connectivity index (χ0v) is 7.29. The molecule has 2 aliphatic heterocycles. The number of piperazine rings is 1. The molecule has 0 aromatic rings. The molecule has 1 saturated heterocycles. The molecular formula is C8H16N4. The van der Waals surface area contributed by atoms with Gasteiger partial charge in [-0.3, -0.25) is 10.3 Å². The molecule has 0 spiro atoms. The zero-order valence-electron chi connectivity index (χ0n) is 7.29. The van der Waals surface area contributed by atoms with Gasteiger partial charge in [0.25, 0.3) is 0 Å². The predicted molar refractivity (Wildman–Crippen MR) is 48.3 cm³/mol. The molecule has 0 aromatic heterocycles. The van der Waals surface area contributed by atoms with Crippen LogP contribution >= 0.6 is 0 Å². The van der Waals surface area contributed by atoms with E-state index in [-0.39, 0.29) is 0 Å². The summed E-state index contributed by atoms with van der Waals surface area (Å²) in [7, 11) is 0. The van der Waals surface area contributed by atoms with Gasteiger partial charge in [-0.05, 0) is 0 Å². The van der Waals surface area contributed by atoms with Gasteiger partial charge in [0.2, 0.25) is 0 Å². The Labute approximate surface area is 73.2 Å². The number of rotatable bonds is 1. The maximum absolute atomic E-state index is 3.34. The Morgan fingerprint density at radius 3 is 2.58 bits per heavy atom. The lowest BCUT2D eigenvalue weighted by atomic mass is 10.4. The fourth-order valence-corrected chi connectivity index (χ4v) is 1.59. The van der Waals surface area contributed by atoms with Crippen LogP contribution in [-0.4, -0.2) is 49.4 Å². The topological polar surface area (TPSA) is 30.5 Å². The van der Waals surface area contributed by atoms with Gasteiger partial charge in [0, 0.05) is 38.9 Å². The molecule has 2 heterocycles. The molecule has 4 nitrogen and oxygen atoms in total. The van der Waals surface area contributed by atoms with Crippen molar-refractivity contribution in [1.29, 1.82) is 0 Å². The molecule has 12 heavy (non-hydrogen) atoms. The van der Waals surface area contributed by atoms with Gasteiger partial charge in [-0.1, -0.05) is 6.08 Å². The van der Waals surface area contributed by atoms with Crippen molar-refractivity contribution in [3.05, 3.63) is 12.3 Å². The van der Waals surface area contributed by atoms with Crippen molar-refractivity contribution in [2.45, 2.75) is 0 Å². The van der Waals surface area contributed by atoms with Crippen LogP contribution in [0.3, 0.4) is 0 Å². The van der Waals surface area contributed by atoms with Crippen LogP contribution in [0.25, 0.3) is 0 Å². The van der Waals surface area contributed by atoms with E-state index >= 15 is 0 Å². The highest BCUT2D eigenvalue weighted by Gasteiger charge is 2.15. The van der Waals surface area contributed by atoms with Crippen LogP contribution in [0.15, 0.2) is 12.3 Å². The van der Waals surface area contributed by atoms with Crippen molar-refractivity contribution < 1.29 is 0 Å². The number of hydrazine groups is 1. The summed E-state index contributed by atoms with van der Waals surface area (Å²) in [5, 5.41) is 11.3. The van der Waals surface area contributed by atoms with Gasteiger partial charge in [0.15, 0.2) is 0 Å². The van der Waals surface area contributed by atoms with E-state index in [0.29, 0.717) is 0 Å². The summed E-state index contributed by atoms with van der Waals surface area (Å²) in [5.74, 6) is 0. The second-order valence-corrected chi connectivity index (χ2v) is 3.14. The normalized spacial score (nSPS) is 26.2. The molecule has 0 amide bonds. The summed E-state index contributed by atoms with van der Waals surface area (Å²) in [4.78, 5) is 0. The second kappa shape index (κ2) is 3.89. The average Bonchev–Trinajstić information content (AvgIpc) is 2.21. The molecular weight excluding hydrogens is 152 g/mol. The molecule has 0 saturated carbocycles. The summed E-state index contributed by atoms with van der Waals surface area (Å²) >= 11 is 0. The first-order valence-corrected chi connectivity index (χ1v) is 4.56. The number of hydrogen-bond donors (Lipinski definition) is 2. The van der Waals surface area contributed by atoms with Crippen LogP contribution < -0.4 is 10.6 Å². The minimum atomic E-state index is 0.955. The van der Waals surface area contributed by atoms with E-state index in [1.165, 1.54) is 0 Å². The molecule has 0 aliphatic carbocycles. The summed E-state index contributed by atoms with van der Waals surface area (Å²) in [5.41, 5.74) is 0. The maximum atomic E-state index is 3.34. The summed E-state index contributed by atoms with van der Waals surface area (Å²) in [6.07, 6.45) is 4.33. The minimum absolute atomic E-state index is 0.955. The Morgan fingerprint density at radius 1 is 1.08 bits per heavy atom. The Kier molecular flexibility index (Phi) is 2.60. The lowest BCUT2D eigenvalue weighted by Gasteiger charge is -2.38. The van der Waals surface area contributed by atoms with Crippen LogP contribution in [-0.2, 0) is 0 Å². The van der Waals surface area contributed by atoms with Crippen LogP contribution in [0.5, 0.6) is 0 Å². The van der Waals surface area contributed by atoms with Crippen molar-refractivity contribution in [3.63, 3.8) is 0 Å². The lowest BCUT2D eigenvalue weighted by molar-refractivity contribution is 0.000738. The van der Waals surface area contributed by atoms with Gasteiger partial charge in [0.05, 0.1) is 6.67 Å². The first-order chi connectivity index (χ1) is 5.97. The van der Waals surface area contributed by atoms with Crippen LogP contribution in [0.1, 0.15) is 0 Å². The van der Waals surface area contributed by atoms with E-state index in [9.17, 15) is 0 Å². The summed E-state index contributed by atoms with van der Waals surface area (Å²) in [6, 6.07) is 0. The second-order valence-electron chi connectivity index (χ2n) is 3.14. The van der Waals surface area contributed by atoms with Gasteiger partial charge in [-0.15, -0.1) is 0 Å². The SMILES string of the molecule is C1=CN(N2CCNCC2)CNC1. The maximum Gasteiger partial charge on any atom is 0.0836 e. The summed E-state index contributed by atoms with van der Waals surface area (Å²) in [6.45, 7) is 6.39. The van der Waals surface area contributed by atoms with E-state index in [4.69, 9.17) is 0 Å². The van der Waals surface area contributed by atoms with E-state index in [1.54, 1.807) is 0 Å². The Balaban J connectivity index is 1.88. The zero-order chi connectivity index (χ0) is 8.23. The van der Waals surface area contributed by atoms with E-state index in [0.717, 1.165) is 39.4 Å². The molecule has 2 N–H and O–H groups in total. The predicted octanol–water partition coefficient (Wildman–Crippen LogP) is -0.817. The molecule has 4 heteroatoms. The molecule has 0 radical (unpaired) electrons. The molecule has 2 rings (SSSR count). The third-order valence-corrected chi connectivity index (χ3v) is 2.27. The third kappa shape index (κ3) is 1.77. The van der Waals surface area contributed by atoms with Crippen molar-refractivity contribution >= 4 is 0 Å². The Bertz CT molecular complexity index is 162. The molecule has 68 valence electrons. The van der Waals surface area contributed by atoms with Gasteiger partial charge in [-0.25, -0.2) is 5.01 Å². The highest BCUT2D eigenvalue weighted by Crippen LogP contribution is 2.01. The van der Waals surface area contributed by atoms with Gasteiger partial charge in [0.1, 0.15) is 0 Å². The minimum Gasteiger partial charge on any atom is -0.314 e. The van der Waals surface area contributed by atoms with Crippen molar-refractivity contribution in [3.8, 4) is 0 Å². The Morgan fingerprint density at radius 2 is 1.92 bits per heavy atom. The van der Waals surface area contributed by atoms with Gasteiger partial charge >= 0.3 is 0 Å². The molecule has 0 bridgehead atoms. The van der Waals surface area contributed by atoms with Crippen LogP contribution in [0.4, 0.5) is 0 Å². The van der Waals surface area contributed by atoms with Crippen LogP contribution in [0.2, 0.25) is 0 Å². The number of nitrogens with one attached hydrogen (secondary N) is 2. The molecule has 0 aromatic carbocycles. The monoisotopic (exact) mass is 168 g/mol. The van der Waals surface area contributed by atoms with Crippen LogP contribution in [0, 0.1) is 0 Å². The largest absolute Gasteiger partial charge is 0.314 e. The third-order valence-electron chi connectivity index (χ3n) is 2.27. The van der Waals surface area contributed by atoms with Crippen molar-refractivity contribution in [1.82, 2.24) is 20.7 Å². The van der Waals surface area contributed by atoms with E-state index < -0.39 is 0 Å². The quantitative estimate of drug-likeness (QED) is 0.536. The molecule has 2 aliphatic rings. The summed E-state index contributed by atoms with van der Waals surface area (Å²) < 4.78 is 0. The fraction of sp³-hybridized carbons (Fsp3) is 0.750. The van der Waals surface area contributed by atoms with Gasteiger partial charge < -0.3 is 5.32 Å². The first kappa shape index (κ1) is 8.04. The highest BCUT2D eigenvalue weighted by molar-refractivity contribution is 4.88. The number of nitrogens with zero attached hydrogens (tertiary/aromatic N) is 2.